The Kier molecular flexibility index (Phi) is 5.09. The maximum Gasteiger partial charge on any atom is 0.261 e. The third-order valence-electron chi connectivity index (χ3n) is 4.01. The summed E-state index contributed by atoms with van der Waals surface area (Å²) in [5.41, 5.74) is 1.93. The van der Waals surface area contributed by atoms with Gasteiger partial charge in [-0.05, 0) is 49.6 Å². The quantitative estimate of drug-likeness (QED) is 0.900. The zero-order chi connectivity index (χ0) is 17.1. The number of nitrogens with one attached hydrogen (secondary N) is 1. The Balaban J connectivity index is 1.68. The van der Waals surface area contributed by atoms with Crippen molar-refractivity contribution in [3.63, 3.8) is 0 Å². The smallest absolute Gasteiger partial charge is 0.261 e. The molecule has 3 rings (SSSR count). The molecule has 126 valence electrons. The number of fused-ring (bicyclic) bond motifs is 1. The van der Waals surface area contributed by atoms with Gasteiger partial charge in [-0.25, -0.2) is 4.39 Å². The molecular formula is C19H20FNO2S. The van der Waals surface area contributed by atoms with Crippen LogP contribution in [0.25, 0.3) is 0 Å². The van der Waals surface area contributed by atoms with Gasteiger partial charge in [0.1, 0.15) is 11.6 Å². The Morgan fingerprint density at radius 1 is 1.33 bits per heavy atom. The Bertz CT molecular complexity index is 750. The first-order chi connectivity index (χ1) is 11.5. The Hall–Kier alpha value is -2.01. The lowest BCUT2D eigenvalue weighted by Gasteiger charge is -2.27. The molecule has 0 fully saturated rings. The SMILES string of the molecule is Cc1cccc(O[C@@H](C)C(=O)N[C@H]2CCSc3c(F)cccc32)c1. The third kappa shape index (κ3) is 3.73. The van der Waals surface area contributed by atoms with E-state index in [9.17, 15) is 9.18 Å². The maximum atomic E-state index is 13.9. The van der Waals surface area contributed by atoms with Crippen LogP contribution in [0.2, 0.25) is 0 Å². The number of halogens is 1. The molecule has 0 saturated carbocycles. The van der Waals surface area contributed by atoms with Crippen molar-refractivity contribution in [1.29, 1.82) is 0 Å². The second kappa shape index (κ2) is 7.26. The highest BCUT2D eigenvalue weighted by Gasteiger charge is 2.26. The molecule has 1 aliphatic rings. The number of amides is 1. The molecule has 0 saturated heterocycles. The minimum atomic E-state index is -0.613. The van der Waals surface area contributed by atoms with Gasteiger partial charge >= 0.3 is 0 Å². The van der Waals surface area contributed by atoms with Crippen molar-refractivity contribution in [2.24, 2.45) is 0 Å². The van der Waals surface area contributed by atoms with Crippen molar-refractivity contribution in [2.45, 2.75) is 37.3 Å². The normalized spacial score (nSPS) is 17.7. The van der Waals surface area contributed by atoms with Crippen LogP contribution in [-0.2, 0) is 4.79 Å². The number of ether oxygens (including phenoxy) is 1. The summed E-state index contributed by atoms with van der Waals surface area (Å²) in [5.74, 6) is 1.04. The molecular weight excluding hydrogens is 325 g/mol. The summed E-state index contributed by atoms with van der Waals surface area (Å²) in [6.45, 7) is 3.70. The molecule has 3 nitrogen and oxygen atoms in total. The average Bonchev–Trinajstić information content (AvgIpc) is 2.56. The number of hydrogen-bond acceptors (Lipinski definition) is 3. The van der Waals surface area contributed by atoms with Crippen LogP contribution in [-0.4, -0.2) is 17.8 Å². The number of hydrogen-bond donors (Lipinski definition) is 1. The van der Waals surface area contributed by atoms with E-state index in [1.54, 1.807) is 13.0 Å². The van der Waals surface area contributed by atoms with E-state index in [0.29, 0.717) is 10.6 Å². The van der Waals surface area contributed by atoms with E-state index in [2.05, 4.69) is 5.32 Å². The summed E-state index contributed by atoms with van der Waals surface area (Å²) in [4.78, 5) is 13.1. The largest absolute Gasteiger partial charge is 0.481 e. The van der Waals surface area contributed by atoms with Gasteiger partial charge < -0.3 is 10.1 Å². The van der Waals surface area contributed by atoms with Gasteiger partial charge in [0.05, 0.1) is 6.04 Å². The van der Waals surface area contributed by atoms with Crippen molar-refractivity contribution in [1.82, 2.24) is 5.32 Å². The standard InChI is InChI=1S/C19H20FNO2S/c1-12-5-3-6-14(11-12)23-13(2)19(22)21-17-9-10-24-18-15(17)7-4-8-16(18)20/h3-8,11,13,17H,9-10H2,1-2H3,(H,21,22)/t13-,17-/m0/s1. The minimum Gasteiger partial charge on any atom is -0.481 e. The summed E-state index contributed by atoms with van der Waals surface area (Å²) >= 11 is 1.50. The number of thioether (sulfide) groups is 1. The summed E-state index contributed by atoms with van der Waals surface area (Å²) in [7, 11) is 0. The highest BCUT2D eigenvalue weighted by atomic mass is 32.2. The Morgan fingerprint density at radius 2 is 2.12 bits per heavy atom. The number of aryl methyl sites for hydroxylation is 1. The fourth-order valence-electron chi connectivity index (χ4n) is 2.77. The Morgan fingerprint density at radius 3 is 2.92 bits per heavy atom. The van der Waals surface area contributed by atoms with Crippen molar-refractivity contribution < 1.29 is 13.9 Å². The van der Waals surface area contributed by atoms with Crippen molar-refractivity contribution in [3.05, 3.63) is 59.4 Å². The lowest BCUT2D eigenvalue weighted by atomic mass is 10.0. The van der Waals surface area contributed by atoms with Gasteiger partial charge in [0.2, 0.25) is 0 Å². The van der Waals surface area contributed by atoms with Gasteiger partial charge in [0, 0.05) is 10.6 Å². The molecule has 5 heteroatoms. The van der Waals surface area contributed by atoms with E-state index in [0.717, 1.165) is 23.3 Å². The van der Waals surface area contributed by atoms with Crippen molar-refractivity contribution in [3.8, 4) is 5.75 Å². The topological polar surface area (TPSA) is 38.3 Å². The highest BCUT2D eigenvalue weighted by molar-refractivity contribution is 7.99. The second-order valence-electron chi connectivity index (χ2n) is 5.93. The highest BCUT2D eigenvalue weighted by Crippen LogP contribution is 2.37. The molecule has 0 radical (unpaired) electrons. The van der Waals surface area contributed by atoms with Gasteiger partial charge in [-0.3, -0.25) is 4.79 Å². The summed E-state index contributed by atoms with van der Waals surface area (Å²) in [6, 6.07) is 12.4. The van der Waals surface area contributed by atoms with E-state index in [4.69, 9.17) is 4.74 Å². The summed E-state index contributed by atoms with van der Waals surface area (Å²) in [6.07, 6.45) is 0.169. The zero-order valence-electron chi connectivity index (χ0n) is 13.7. The molecule has 0 aliphatic carbocycles. The molecule has 1 amide bonds. The molecule has 1 heterocycles. The van der Waals surface area contributed by atoms with Gasteiger partial charge in [-0.15, -0.1) is 11.8 Å². The van der Waals surface area contributed by atoms with Gasteiger partial charge in [-0.1, -0.05) is 24.3 Å². The van der Waals surface area contributed by atoms with E-state index in [1.165, 1.54) is 17.8 Å². The van der Waals surface area contributed by atoms with Gasteiger partial charge in [0.15, 0.2) is 6.10 Å². The number of carbonyl (C=O) groups excluding carboxylic acids is 1. The van der Waals surface area contributed by atoms with Gasteiger partial charge in [0.25, 0.3) is 5.91 Å². The van der Waals surface area contributed by atoms with Gasteiger partial charge in [-0.2, -0.15) is 0 Å². The fraction of sp³-hybridized carbons (Fsp3) is 0.316. The first kappa shape index (κ1) is 16.8. The van der Waals surface area contributed by atoms with Crippen LogP contribution >= 0.6 is 11.8 Å². The first-order valence-electron chi connectivity index (χ1n) is 7.99. The van der Waals surface area contributed by atoms with Crippen LogP contribution in [0.5, 0.6) is 5.75 Å². The number of benzene rings is 2. The monoisotopic (exact) mass is 345 g/mol. The molecule has 2 aromatic rings. The maximum absolute atomic E-state index is 13.9. The molecule has 2 aromatic carbocycles. The molecule has 1 N–H and O–H groups in total. The molecule has 0 aromatic heterocycles. The second-order valence-corrected chi connectivity index (χ2v) is 7.04. The van der Waals surface area contributed by atoms with Crippen LogP contribution < -0.4 is 10.1 Å². The minimum absolute atomic E-state index is 0.173. The van der Waals surface area contributed by atoms with Crippen LogP contribution in [0.1, 0.15) is 30.5 Å². The molecule has 0 bridgehead atoms. The number of carbonyl (C=O) groups is 1. The summed E-state index contributed by atoms with van der Waals surface area (Å²) < 4.78 is 19.6. The molecule has 0 spiro atoms. The van der Waals surface area contributed by atoms with Crippen LogP contribution in [0.15, 0.2) is 47.4 Å². The fourth-order valence-corrected chi connectivity index (χ4v) is 3.91. The lowest BCUT2D eigenvalue weighted by molar-refractivity contribution is -0.128. The molecule has 1 aliphatic heterocycles. The first-order valence-corrected chi connectivity index (χ1v) is 8.98. The van der Waals surface area contributed by atoms with Crippen LogP contribution in [0.4, 0.5) is 4.39 Å². The van der Waals surface area contributed by atoms with E-state index >= 15 is 0 Å². The van der Waals surface area contributed by atoms with E-state index < -0.39 is 6.10 Å². The van der Waals surface area contributed by atoms with Crippen molar-refractivity contribution >= 4 is 17.7 Å². The summed E-state index contributed by atoms with van der Waals surface area (Å²) in [5, 5.41) is 2.99. The third-order valence-corrected chi connectivity index (χ3v) is 5.17. The van der Waals surface area contributed by atoms with E-state index in [-0.39, 0.29) is 17.8 Å². The Labute approximate surface area is 145 Å². The van der Waals surface area contributed by atoms with E-state index in [1.807, 2.05) is 37.3 Å². The lowest BCUT2D eigenvalue weighted by Crippen LogP contribution is -2.39. The molecule has 0 unspecified atom stereocenters. The number of rotatable bonds is 4. The zero-order valence-corrected chi connectivity index (χ0v) is 14.5. The molecule has 2 atom stereocenters. The average molecular weight is 345 g/mol. The molecule has 24 heavy (non-hydrogen) atoms. The predicted molar refractivity (Wildman–Crippen MR) is 93.9 cm³/mol. The van der Waals surface area contributed by atoms with Crippen LogP contribution in [0, 0.1) is 12.7 Å². The van der Waals surface area contributed by atoms with Crippen molar-refractivity contribution in [2.75, 3.05) is 5.75 Å². The predicted octanol–water partition coefficient (Wildman–Crippen LogP) is 4.25. The van der Waals surface area contributed by atoms with Crippen LogP contribution in [0.3, 0.4) is 0 Å².